The Morgan fingerprint density at radius 2 is 1.85 bits per heavy atom. The zero-order valence-electron chi connectivity index (χ0n) is 22.2. The van der Waals surface area contributed by atoms with E-state index in [1.165, 1.54) is 25.1 Å². The molecule has 8 N–H and O–H groups in total. The summed E-state index contributed by atoms with van der Waals surface area (Å²) in [6.45, 7) is 1.82. The summed E-state index contributed by atoms with van der Waals surface area (Å²) in [7, 11) is 3.07. The highest BCUT2D eigenvalue weighted by atomic mass is 16.7. The van der Waals surface area contributed by atoms with Crippen molar-refractivity contribution in [2.45, 2.75) is 43.9 Å². The fourth-order valence-corrected chi connectivity index (χ4v) is 6.18. The van der Waals surface area contributed by atoms with Crippen molar-refractivity contribution in [3.63, 3.8) is 0 Å². The lowest BCUT2D eigenvalue weighted by Gasteiger charge is -2.50. The van der Waals surface area contributed by atoms with Crippen LogP contribution >= 0.6 is 0 Å². The van der Waals surface area contributed by atoms with Gasteiger partial charge in [-0.3, -0.25) is 28.9 Å². The summed E-state index contributed by atoms with van der Waals surface area (Å²) >= 11 is 0. The van der Waals surface area contributed by atoms with Crippen LogP contribution in [-0.4, -0.2) is 87.1 Å². The first-order valence-electron chi connectivity index (χ1n) is 13.0. The van der Waals surface area contributed by atoms with Crippen molar-refractivity contribution in [3.8, 4) is 5.75 Å². The molecule has 0 spiro atoms. The zero-order chi connectivity index (χ0) is 29.3. The maximum Gasteiger partial charge on any atom is 0.255 e. The molecule has 13 heteroatoms. The minimum absolute atomic E-state index is 0.00368. The molecule has 13 nitrogen and oxygen atoms in total. The number of phenolic OH excluding ortho intramolecular Hbond substituents is 1. The highest BCUT2D eigenvalue weighted by Gasteiger charge is 2.64. The molecule has 0 aliphatic heterocycles. The number of rotatable bonds is 7. The number of phenols is 1. The highest BCUT2D eigenvalue weighted by Crippen LogP contribution is 2.53. The summed E-state index contributed by atoms with van der Waals surface area (Å²) in [5, 5.41) is 47.3. The number of amides is 2. The van der Waals surface area contributed by atoms with Crippen LogP contribution in [0, 0.1) is 17.8 Å². The summed E-state index contributed by atoms with van der Waals surface area (Å²) in [5.74, 6) is -7.40. The van der Waals surface area contributed by atoms with Crippen molar-refractivity contribution in [2.24, 2.45) is 23.5 Å². The SMILES string of the molecule is CC1CC1ONCC(=O)Nc1ccc2c(c1O)C(O)=C1C(=O)[C@]3(O)C(O)=C(C(N)=O)C(=O)[C@@H](N(C)C)C3CC1C2. The molecular weight excluding hydrogens is 524 g/mol. The van der Waals surface area contributed by atoms with E-state index in [0.717, 1.165) is 6.42 Å². The molecule has 40 heavy (non-hydrogen) atoms. The van der Waals surface area contributed by atoms with Crippen LogP contribution in [0.25, 0.3) is 5.76 Å². The van der Waals surface area contributed by atoms with Gasteiger partial charge in [-0.2, -0.15) is 5.48 Å². The molecule has 0 saturated heterocycles. The maximum absolute atomic E-state index is 13.8. The number of nitrogens with zero attached hydrogens (tertiary/aromatic N) is 1. The Labute approximate surface area is 229 Å². The molecule has 4 unspecified atom stereocenters. The molecule has 2 amide bonds. The van der Waals surface area contributed by atoms with Crippen molar-refractivity contribution in [3.05, 3.63) is 40.2 Å². The van der Waals surface area contributed by atoms with Crippen LogP contribution in [0.1, 0.15) is 30.9 Å². The number of hydroxylamine groups is 1. The lowest BCUT2D eigenvalue weighted by molar-refractivity contribution is -0.153. The molecule has 5 rings (SSSR count). The molecule has 0 heterocycles. The Bertz CT molecular complexity index is 1400. The maximum atomic E-state index is 13.8. The summed E-state index contributed by atoms with van der Waals surface area (Å²) in [6, 6.07) is 1.91. The minimum atomic E-state index is -2.71. The fraction of sp³-hybridized carbons (Fsp3) is 0.481. The van der Waals surface area contributed by atoms with Gasteiger partial charge in [-0.05, 0) is 56.8 Å². The molecule has 1 aromatic rings. The van der Waals surface area contributed by atoms with Crippen LogP contribution in [0.5, 0.6) is 5.75 Å². The Balaban J connectivity index is 1.50. The quantitative estimate of drug-likeness (QED) is 0.133. The molecule has 0 aromatic heterocycles. The molecule has 214 valence electrons. The highest BCUT2D eigenvalue weighted by molar-refractivity contribution is 6.24. The van der Waals surface area contributed by atoms with E-state index in [4.69, 9.17) is 10.6 Å². The number of benzene rings is 1. The van der Waals surface area contributed by atoms with E-state index in [2.05, 4.69) is 10.8 Å². The largest absolute Gasteiger partial charge is 0.508 e. The van der Waals surface area contributed by atoms with E-state index in [1.54, 1.807) is 6.07 Å². The van der Waals surface area contributed by atoms with Gasteiger partial charge in [0, 0.05) is 11.5 Å². The number of hydrogen-bond acceptors (Lipinski definition) is 11. The molecule has 0 radical (unpaired) electrons. The van der Waals surface area contributed by atoms with Gasteiger partial charge >= 0.3 is 0 Å². The number of Topliss-reactive ketones (excluding diaryl/α,β-unsaturated/α-hetero) is 2. The number of nitrogens with two attached hydrogens (primary N) is 1. The number of primary amides is 1. The van der Waals surface area contributed by atoms with Crippen molar-refractivity contribution in [2.75, 3.05) is 26.0 Å². The van der Waals surface area contributed by atoms with Gasteiger partial charge in [-0.1, -0.05) is 13.0 Å². The van der Waals surface area contributed by atoms with Crippen LogP contribution in [-0.2, 0) is 30.4 Å². The number of hydrogen-bond donors (Lipinski definition) is 7. The molecule has 2 saturated carbocycles. The average molecular weight is 557 g/mol. The third-order valence-electron chi connectivity index (χ3n) is 8.37. The predicted octanol–water partition coefficient (Wildman–Crippen LogP) is -0.168. The molecule has 6 atom stereocenters. The van der Waals surface area contributed by atoms with Crippen LogP contribution in [0.2, 0.25) is 0 Å². The van der Waals surface area contributed by atoms with E-state index in [0.29, 0.717) is 11.5 Å². The second kappa shape index (κ2) is 9.70. The van der Waals surface area contributed by atoms with Crippen molar-refractivity contribution in [1.82, 2.24) is 10.4 Å². The first-order chi connectivity index (χ1) is 18.8. The number of ketones is 2. The number of fused-ring (bicyclic) bond motifs is 3. The Morgan fingerprint density at radius 1 is 1.18 bits per heavy atom. The van der Waals surface area contributed by atoms with Crippen LogP contribution in [0.15, 0.2) is 29.0 Å². The third kappa shape index (κ3) is 4.17. The van der Waals surface area contributed by atoms with E-state index in [1.807, 2.05) is 6.92 Å². The second-order valence-electron chi connectivity index (χ2n) is 11.2. The first kappa shape index (κ1) is 27.8. The number of carbonyl (C=O) groups is 4. The number of aromatic hydroxyl groups is 1. The van der Waals surface area contributed by atoms with Gasteiger partial charge in [0.25, 0.3) is 5.91 Å². The average Bonchev–Trinajstić information content (AvgIpc) is 3.57. The van der Waals surface area contributed by atoms with Crippen molar-refractivity contribution >= 4 is 34.8 Å². The van der Waals surface area contributed by atoms with Gasteiger partial charge in [-0.15, -0.1) is 0 Å². The van der Waals surface area contributed by atoms with E-state index in [9.17, 15) is 39.6 Å². The van der Waals surface area contributed by atoms with E-state index < -0.39 is 69.7 Å². The topological polar surface area (TPSA) is 212 Å². The number of likely N-dealkylation sites (N-methyl/N-ethyl adjacent to an activating group) is 1. The first-order valence-corrected chi connectivity index (χ1v) is 13.0. The van der Waals surface area contributed by atoms with Gasteiger partial charge < -0.3 is 31.5 Å². The summed E-state index contributed by atoms with van der Waals surface area (Å²) in [5.41, 5.74) is 4.41. The Kier molecular flexibility index (Phi) is 6.73. The monoisotopic (exact) mass is 556 g/mol. The van der Waals surface area contributed by atoms with Gasteiger partial charge in [0.2, 0.25) is 11.7 Å². The van der Waals surface area contributed by atoms with Gasteiger partial charge in [0.15, 0.2) is 11.4 Å². The lowest BCUT2D eigenvalue weighted by Crippen LogP contribution is -2.65. The van der Waals surface area contributed by atoms with E-state index in [-0.39, 0.29) is 42.3 Å². The normalized spacial score (nSPS) is 31.1. The predicted molar refractivity (Wildman–Crippen MR) is 140 cm³/mol. The van der Waals surface area contributed by atoms with Crippen molar-refractivity contribution in [1.29, 1.82) is 0 Å². The van der Waals surface area contributed by atoms with Gasteiger partial charge in [0.05, 0.1) is 23.4 Å². The number of aliphatic hydroxyl groups is 3. The van der Waals surface area contributed by atoms with Crippen LogP contribution in [0.3, 0.4) is 0 Å². The Morgan fingerprint density at radius 3 is 2.45 bits per heavy atom. The molecule has 4 aliphatic rings. The summed E-state index contributed by atoms with van der Waals surface area (Å²) in [6.07, 6.45) is 1.10. The molecule has 1 aromatic carbocycles. The summed E-state index contributed by atoms with van der Waals surface area (Å²) in [4.78, 5) is 58.2. The second-order valence-corrected chi connectivity index (χ2v) is 11.2. The zero-order valence-corrected chi connectivity index (χ0v) is 22.2. The molecule has 0 bridgehead atoms. The summed E-state index contributed by atoms with van der Waals surface area (Å²) < 4.78 is 0. The number of carbonyl (C=O) groups excluding carboxylic acids is 4. The third-order valence-corrected chi connectivity index (χ3v) is 8.37. The molecular formula is C27H32N4O9. The number of anilines is 1. The van der Waals surface area contributed by atoms with Crippen LogP contribution < -0.4 is 16.5 Å². The lowest BCUT2D eigenvalue weighted by atomic mass is 9.57. The standard InChI is InChI=1S/C27H32N4O9/c1-10-6-15(10)40-29-9-16(32)30-14-5-4-11-7-12-8-13-20(31(2)3)23(35)19(26(28)38)25(37)27(13,39)24(36)18(12)22(34)17(11)21(14)33/h4-5,10,12-13,15,20,29,33-34,37,39H,6-9H2,1-3H3,(H2,28,38)(H,30,32)/t10?,12?,13?,15?,20-,27-/m0/s1. The van der Waals surface area contributed by atoms with Gasteiger partial charge in [-0.25, -0.2) is 0 Å². The van der Waals surface area contributed by atoms with Crippen LogP contribution in [0.4, 0.5) is 5.69 Å². The number of nitrogens with one attached hydrogen (secondary N) is 2. The smallest absolute Gasteiger partial charge is 0.255 e. The molecule has 2 fully saturated rings. The Hall–Kier alpha value is -3.78. The number of aliphatic hydroxyl groups excluding tert-OH is 2. The van der Waals surface area contributed by atoms with E-state index >= 15 is 0 Å². The van der Waals surface area contributed by atoms with Crippen molar-refractivity contribution < 1.29 is 44.4 Å². The molecule has 4 aliphatic carbocycles. The fourth-order valence-electron chi connectivity index (χ4n) is 6.18. The minimum Gasteiger partial charge on any atom is -0.508 e. The van der Waals surface area contributed by atoms with Gasteiger partial charge in [0.1, 0.15) is 29.4 Å².